The Morgan fingerprint density at radius 2 is 2.26 bits per heavy atom. The fourth-order valence-electron chi connectivity index (χ4n) is 3.71. The summed E-state index contributed by atoms with van der Waals surface area (Å²) in [5.74, 6) is 2.15. The molecule has 0 aliphatic carbocycles. The highest BCUT2D eigenvalue weighted by Crippen LogP contribution is 2.33. The Kier molecular flexibility index (Phi) is 4.95. The lowest BCUT2D eigenvalue weighted by Crippen LogP contribution is -2.56. The van der Waals surface area contributed by atoms with Crippen molar-refractivity contribution >= 4 is 11.7 Å². The molecule has 0 bridgehead atoms. The molecule has 2 fully saturated rings. The lowest BCUT2D eigenvalue weighted by Gasteiger charge is -2.47. The molecule has 7 nitrogen and oxygen atoms in total. The molecule has 1 aromatic rings. The van der Waals surface area contributed by atoms with E-state index in [1.807, 2.05) is 11.0 Å². The summed E-state index contributed by atoms with van der Waals surface area (Å²) in [6, 6.07) is 2.15. The summed E-state index contributed by atoms with van der Waals surface area (Å²) in [5, 5.41) is 9.05. The van der Waals surface area contributed by atoms with Gasteiger partial charge >= 0.3 is 0 Å². The van der Waals surface area contributed by atoms with E-state index in [4.69, 9.17) is 9.84 Å². The van der Waals surface area contributed by atoms with E-state index in [2.05, 4.69) is 14.9 Å². The maximum Gasteiger partial charge on any atom is 0.222 e. The molecule has 0 spiro atoms. The molecule has 0 radical (unpaired) electrons. The number of hydrogen-bond donors (Lipinski definition) is 1. The van der Waals surface area contributed by atoms with Gasteiger partial charge in [-0.25, -0.2) is 9.97 Å². The van der Waals surface area contributed by atoms with Gasteiger partial charge in [-0.2, -0.15) is 0 Å². The fraction of sp³-hybridized carbons (Fsp3) is 0.688. The molecule has 3 rings (SSSR count). The smallest absolute Gasteiger partial charge is 0.222 e. The molecule has 0 unspecified atom stereocenters. The van der Waals surface area contributed by atoms with Gasteiger partial charge in [0.05, 0.1) is 7.11 Å². The Balaban J connectivity index is 1.69. The van der Waals surface area contributed by atoms with Crippen LogP contribution in [0.3, 0.4) is 0 Å². The highest BCUT2D eigenvalue weighted by atomic mass is 16.5. The van der Waals surface area contributed by atoms with Crippen molar-refractivity contribution < 1.29 is 14.6 Å². The maximum absolute atomic E-state index is 12.2. The number of aromatic nitrogens is 2. The van der Waals surface area contributed by atoms with Gasteiger partial charge in [-0.1, -0.05) is 0 Å². The van der Waals surface area contributed by atoms with E-state index in [1.54, 1.807) is 7.11 Å². The van der Waals surface area contributed by atoms with Gasteiger partial charge < -0.3 is 19.6 Å². The van der Waals surface area contributed by atoms with Crippen molar-refractivity contribution in [3.05, 3.63) is 12.4 Å². The summed E-state index contributed by atoms with van der Waals surface area (Å²) in [4.78, 5) is 24.8. The molecule has 2 saturated heterocycles. The number of carbonyl (C=O) groups excluding carboxylic acids is 1. The van der Waals surface area contributed by atoms with Gasteiger partial charge in [0.15, 0.2) is 0 Å². The molecule has 126 valence electrons. The topological polar surface area (TPSA) is 78.8 Å². The van der Waals surface area contributed by atoms with Crippen LogP contribution in [0.1, 0.15) is 25.7 Å². The van der Waals surface area contributed by atoms with Crippen molar-refractivity contribution in [3.63, 3.8) is 0 Å². The standard InChI is InChI=1S/C16H24N4O3/c1-23-15-9-14(17-11-18-15)19-7-5-13-12(10-19)3-4-16(22)20(13)6-2-8-21/h9,11-13,21H,2-8,10H2,1H3/t12-,13+/m0/s1. The summed E-state index contributed by atoms with van der Waals surface area (Å²) in [5.41, 5.74) is 0. The molecule has 2 aliphatic heterocycles. The number of methoxy groups -OCH3 is 1. The highest BCUT2D eigenvalue weighted by Gasteiger charge is 2.39. The minimum Gasteiger partial charge on any atom is -0.481 e. The van der Waals surface area contributed by atoms with Crippen LogP contribution in [0.15, 0.2) is 12.4 Å². The first-order valence-electron chi connectivity index (χ1n) is 8.24. The number of piperidine rings is 2. The number of carbonyl (C=O) groups is 1. The number of rotatable bonds is 5. The third-order valence-corrected chi connectivity index (χ3v) is 4.86. The average Bonchev–Trinajstić information content (AvgIpc) is 2.60. The van der Waals surface area contributed by atoms with E-state index in [0.717, 1.165) is 31.7 Å². The minimum absolute atomic E-state index is 0.133. The first kappa shape index (κ1) is 16.0. The van der Waals surface area contributed by atoms with Crippen LogP contribution < -0.4 is 9.64 Å². The second-order valence-corrected chi connectivity index (χ2v) is 6.18. The summed E-state index contributed by atoms with van der Waals surface area (Å²) in [6.07, 6.45) is 4.65. The van der Waals surface area contributed by atoms with Crippen LogP contribution in [0, 0.1) is 5.92 Å². The number of hydrogen-bond acceptors (Lipinski definition) is 6. The van der Waals surface area contributed by atoms with E-state index >= 15 is 0 Å². The first-order chi connectivity index (χ1) is 11.2. The lowest BCUT2D eigenvalue weighted by molar-refractivity contribution is -0.139. The Labute approximate surface area is 136 Å². The molecule has 2 aliphatic rings. The zero-order valence-electron chi connectivity index (χ0n) is 13.5. The molecule has 2 atom stereocenters. The van der Waals surface area contributed by atoms with Gasteiger partial charge in [0, 0.05) is 44.8 Å². The van der Waals surface area contributed by atoms with Crippen molar-refractivity contribution in [1.29, 1.82) is 0 Å². The molecular weight excluding hydrogens is 296 g/mol. The van der Waals surface area contributed by atoms with E-state index < -0.39 is 0 Å². The summed E-state index contributed by atoms with van der Waals surface area (Å²) >= 11 is 0. The van der Waals surface area contributed by atoms with Crippen LogP contribution in [-0.4, -0.2) is 65.3 Å². The quantitative estimate of drug-likeness (QED) is 0.860. The number of ether oxygens (including phenoxy) is 1. The SMILES string of the molecule is COc1cc(N2CC[C@@H]3[C@@H](CCC(=O)N3CCCO)C2)ncn1. The van der Waals surface area contributed by atoms with Crippen LogP contribution in [0.5, 0.6) is 5.88 Å². The van der Waals surface area contributed by atoms with E-state index in [-0.39, 0.29) is 12.5 Å². The predicted octanol–water partition coefficient (Wildman–Crippen LogP) is 0.685. The molecular formula is C16H24N4O3. The maximum atomic E-state index is 12.2. The third-order valence-electron chi connectivity index (χ3n) is 4.86. The number of anilines is 1. The van der Waals surface area contributed by atoms with Crippen LogP contribution in [-0.2, 0) is 4.79 Å². The summed E-state index contributed by atoms with van der Waals surface area (Å²) in [7, 11) is 1.60. The molecule has 7 heteroatoms. The number of aliphatic hydroxyl groups excluding tert-OH is 1. The first-order valence-corrected chi connectivity index (χ1v) is 8.24. The lowest BCUT2D eigenvalue weighted by atomic mass is 9.83. The van der Waals surface area contributed by atoms with Crippen molar-refractivity contribution in [2.24, 2.45) is 5.92 Å². The Bertz CT molecular complexity index is 554. The van der Waals surface area contributed by atoms with E-state index in [9.17, 15) is 4.79 Å². The van der Waals surface area contributed by atoms with E-state index in [0.29, 0.717) is 37.2 Å². The minimum atomic E-state index is 0.133. The number of nitrogens with zero attached hydrogens (tertiary/aromatic N) is 4. The van der Waals surface area contributed by atoms with Crippen molar-refractivity contribution in [2.45, 2.75) is 31.7 Å². The number of likely N-dealkylation sites (tertiary alicyclic amines) is 1. The average molecular weight is 320 g/mol. The van der Waals surface area contributed by atoms with Crippen molar-refractivity contribution in [2.75, 3.05) is 38.3 Å². The summed E-state index contributed by atoms with van der Waals surface area (Å²) in [6.45, 7) is 2.56. The number of fused-ring (bicyclic) bond motifs is 1. The van der Waals surface area contributed by atoms with Crippen molar-refractivity contribution in [1.82, 2.24) is 14.9 Å². The molecule has 1 N–H and O–H groups in total. The zero-order chi connectivity index (χ0) is 16.2. The number of aliphatic hydroxyl groups is 1. The van der Waals surface area contributed by atoms with Gasteiger partial charge in [0.1, 0.15) is 12.1 Å². The molecule has 1 amide bonds. The van der Waals surface area contributed by atoms with Crippen LogP contribution >= 0.6 is 0 Å². The molecule has 0 saturated carbocycles. The van der Waals surface area contributed by atoms with Gasteiger partial charge in [-0.15, -0.1) is 0 Å². The number of amides is 1. The predicted molar refractivity (Wildman–Crippen MR) is 85.3 cm³/mol. The zero-order valence-corrected chi connectivity index (χ0v) is 13.5. The summed E-state index contributed by atoms with van der Waals surface area (Å²) < 4.78 is 5.17. The Morgan fingerprint density at radius 3 is 3.04 bits per heavy atom. The van der Waals surface area contributed by atoms with Crippen LogP contribution in [0.4, 0.5) is 5.82 Å². The molecule has 23 heavy (non-hydrogen) atoms. The van der Waals surface area contributed by atoms with Gasteiger partial charge in [-0.05, 0) is 25.2 Å². The van der Waals surface area contributed by atoms with Gasteiger partial charge in [0.25, 0.3) is 0 Å². The van der Waals surface area contributed by atoms with Gasteiger partial charge in [0.2, 0.25) is 11.8 Å². The normalized spacial score (nSPS) is 24.5. The van der Waals surface area contributed by atoms with Crippen LogP contribution in [0.25, 0.3) is 0 Å². The molecule has 1 aromatic heterocycles. The monoisotopic (exact) mass is 320 g/mol. The molecule has 3 heterocycles. The second kappa shape index (κ2) is 7.12. The second-order valence-electron chi connectivity index (χ2n) is 6.18. The third kappa shape index (κ3) is 3.39. The van der Waals surface area contributed by atoms with Gasteiger partial charge in [-0.3, -0.25) is 4.79 Å². The van der Waals surface area contributed by atoms with E-state index in [1.165, 1.54) is 6.33 Å². The van der Waals surface area contributed by atoms with Crippen molar-refractivity contribution in [3.8, 4) is 5.88 Å². The van der Waals surface area contributed by atoms with Crippen LogP contribution in [0.2, 0.25) is 0 Å². The Hall–Kier alpha value is -1.89. The fourth-order valence-corrected chi connectivity index (χ4v) is 3.71. The largest absolute Gasteiger partial charge is 0.481 e. The molecule has 0 aromatic carbocycles. The Morgan fingerprint density at radius 1 is 1.39 bits per heavy atom. The highest BCUT2D eigenvalue weighted by molar-refractivity contribution is 5.77.